The van der Waals surface area contributed by atoms with E-state index in [2.05, 4.69) is 163 Å². The van der Waals surface area contributed by atoms with Crippen LogP contribution < -0.4 is 9.13 Å². The van der Waals surface area contributed by atoms with Gasteiger partial charge in [-0.15, -0.1) is 0 Å². The third-order valence-electron chi connectivity index (χ3n) is 12.4. The molecule has 2 nitrogen and oxygen atoms in total. The van der Waals surface area contributed by atoms with Gasteiger partial charge in [0, 0.05) is 30.7 Å². The van der Waals surface area contributed by atoms with Crippen LogP contribution in [0.5, 0.6) is 0 Å². The molecule has 0 saturated heterocycles. The normalized spacial score (nSPS) is 22.7. The van der Waals surface area contributed by atoms with Gasteiger partial charge < -0.3 is 0 Å². The van der Waals surface area contributed by atoms with E-state index in [1.807, 2.05) is 0 Å². The number of pyridine rings is 2. The topological polar surface area (TPSA) is 7.76 Å². The lowest BCUT2D eigenvalue weighted by molar-refractivity contribution is -0.756. The Morgan fingerprint density at radius 3 is 2.04 bits per heavy atom. The Hall–Kier alpha value is -3.52. The second-order valence-electron chi connectivity index (χ2n) is 16.0. The average Bonchev–Trinajstić information content (AvgIpc) is 3.15. The van der Waals surface area contributed by atoms with Crippen molar-refractivity contribution in [2.24, 2.45) is 7.05 Å². The summed E-state index contributed by atoms with van der Waals surface area (Å²) in [5, 5.41) is 0. The molecular weight excluding hydrogens is 569 g/mol. The molecular formula is C45H58N2+2. The van der Waals surface area contributed by atoms with Crippen molar-refractivity contribution in [3.63, 3.8) is 0 Å². The summed E-state index contributed by atoms with van der Waals surface area (Å²) in [5.74, 6) is 0. The molecule has 0 radical (unpaired) electrons. The lowest BCUT2D eigenvalue weighted by atomic mass is 9.59. The van der Waals surface area contributed by atoms with E-state index in [4.69, 9.17) is 0 Å². The lowest BCUT2D eigenvalue weighted by Crippen LogP contribution is -2.68. The summed E-state index contributed by atoms with van der Waals surface area (Å²) in [7, 11) is 2.18. The Bertz CT molecular complexity index is 1810. The molecule has 0 amide bonds. The van der Waals surface area contributed by atoms with Gasteiger partial charge in [0.2, 0.25) is 11.4 Å². The van der Waals surface area contributed by atoms with Crippen LogP contribution in [0.1, 0.15) is 128 Å². The average molecular weight is 627 g/mol. The van der Waals surface area contributed by atoms with E-state index in [1.54, 1.807) is 0 Å². The van der Waals surface area contributed by atoms with Crippen LogP contribution >= 0.6 is 0 Å². The van der Waals surface area contributed by atoms with Crippen molar-refractivity contribution in [2.45, 2.75) is 129 Å². The molecule has 2 unspecified atom stereocenters. The fourth-order valence-corrected chi connectivity index (χ4v) is 9.14. The zero-order chi connectivity index (χ0) is 33.6. The zero-order valence-corrected chi connectivity index (χ0v) is 30.7. The van der Waals surface area contributed by atoms with E-state index in [9.17, 15) is 0 Å². The molecule has 0 spiro atoms. The maximum atomic E-state index is 2.62. The summed E-state index contributed by atoms with van der Waals surface area (Å²) in [6.07, 6.45) is 19.0. The first-order valence-electron chi connectivity index (χ1n) is 18.4. The van der Waals surface area contributed by atoms with Gasteiger partial charge in [0.05, 0.1) is 16.5 Å². The van der Waals surface area contributed by atoms with Crippen LogP contribution in [0.3, 0.4) is 0 Å². The second kappa shape index (κ2) is 12.5. The SMILES string of the molecule is CCCCc1ccc2c(c1)-c1cccc[n+]1C(C=Cc1cc3c(cc1-c1cccc[n+]1C)C(C)(C)CCCC3(C)C)(CC)C2(C)CC. The van der Waals surface area contributed by atoms with E-state index < -0.39 is 0 Å². The molecule has 2 aromatic carbocycles. The number of hydrogen-bond donors (Lipinski definition) is 0. The van der Waals surface area contributed by atoms with Gasteiger partial charge in [0.1, 0.15) is 7.05 Å². The quantitative estimate of drug-likeness (QED) is 0.136. The number of aryl methyl sites for hydroxylation is 2. The van der Waals surface area contributed by atoms with Crippen molar-refractivity contribution in [3.05, 3.63) is 113 Å². The second-order valence-corrected chi connectivity index (χ2v) is 16.0. The molecule has 4 aromatic rings. The molecule has 0 fully saturated rings. The summed E-state index contributed by atoms with van der Waals surface area (Å²) in [5.41, 5.74) is 12.6. The van der Waals surface area contributed by atoms with Crippen molar-refractivity contribution >= 4 is 6.08 Å². The number of unbranched alkanes of at least 4 members (excludes halogenated alkanes) is 1. The van der Waals surface area contributed by atoms with E-state index >= 15 is 0 Å². The Balaban J connectivity index is 1.61. The first-order valence-corrected chi connectivity index (χ1v) is 18.4. The number of allylic oxidation sites excluding steroid dienone is 1. The van der Waals surface area contributed by atoms with E-state index in [0.29, 0.717) is 0 Å². The molecule has 1 aliphatic heterocycles. The highest BCUT2D eigenvalue weighted by atomic mass is 15.1. The molecule has 1 aliphatic carbocycles. The van der Waals surface area contributed by atoms with Crippen LogP contribution in [0.25, 0.3) is 28.6 Å². The van der Waals surface area contributed by atoms with Crippen molar-refractivity contribution in [1.29, 1.82) is 0 Å². The van der Waals surface area contributed by atoms with Gasteiger partial charge in [0.25, 0.3) is 0 Å². The minimum Gasteiger partial charge on any atom is -0.201 e. The summed E-state index contributed by atoms with van der Waals surface area (Å²) in [4.78, 5) is 0. The summed E-state index contributed by atoms with van der Waals surface area (Å²) >= 11 is 0. The van der Waals surface area contributed by atoms with Gasteiger partial charge in [-0.1, -0.05) is 85.6 Å². The molecule has 0 bridgehead atoms. The molecule has 2 aliphatic rings. The molecule has 0 N–H and O–H groups in total. The minimum absolute atomic E-state index is 0.0829. The number of aromatic nitrogens is 2. The zero-order valence-electron chi connectivity index (χ0n) is 30.7. The molecule has 6 rings (SSSR count). The van der Waals surface area contributed by atoms with Crippen LogP contribution in [0.2, 0.25) is 0 Å². The highest BCUT2D eigenvalue weighted by Crippen LogP contribution is 2.51. The number of fused-ring (bicyclic) bond motifs is 4. The molecule has 0 saturated carbocycles. The molecule has 2 atom stereocenters. The van der Waals surface area contributed by atoms with Gasteiger partial charge in [-0.3, -0.25) is 0 Å². The fraction of sp³-hybridized carbons (Fsp3) is 0.467. The standard InChI is InChI=1S/C45H58N2/c1-10-13-19-33-22-23-37-36(30-33)41-21-15-17-29-47(41)45(12-3,44(37,8)11-2)27-24-34-31-38-39(43(6,7)26-18-25-42(38,4)5)32-35(34)40-20-14-16-28-46(40)9/h14-17,20-24,27-32H,10-13,18-19,25-26H2,1-9H3/q+2. The number of hydrogen-bond acceptors (Lipinski definition) is 0. The van der Waals surface area contributed by atoms with E-state index in [-0.39, 0.29) is 21.8 Å². The Morgan fingerprint density at radius 2 is 1.38 bits per heavy atom. The molecule has 3 heterocycles. The van der Waals surface area contributed by atoms with Crippen molar-refractivity contribution in [1.82, 2.24) is 0 Å². The third kappa shape index (κ3) is 5.50. The number of nitrogens with zero attached hydrogens (tertiary/aromatic N) is 2. The molecule has 246 valence electrons. The Kier molecular flexibility index (Phi) is 8.88. The van der Waals surface area contributed by atoms with Crippen LogP contribution in [0.4, 0.5) is 0 Å². The number of rotatable bonds is 8. The van der Waals surface area contributed by atoms with Gasteiger partial charge >= 0.3 is 0 Å². The van der Waals surface area contributed by atoms with Crippen LogP contribution in [-0.2, 0) is 35.3 Å². The van der Waals surface area contributed by atoms with E-state index in [0.717, 1.165) is 19.3 Å². The Labute approximate surface area is 285 Å². The molecule has 47 heavy (non-hydrogen) atoms. The smallest absolute Gasteiger partial charge is 0.201 e. The van der Waals surface area contributed by atoms with Gasteiger partial charge in [-0.05, 0) is 108 Å². The summed E-state index contributed by atoms with van der Waals surface area (Å²) < 4.78 is 4.91. The number of benzene rings is 2. The predicted octanol–water partition coefficient (Wildman–Crippen LogP) is 10.7. The van der Waals surface area contributed by atoms with Crippen LogP contribution in [0, 0.1) is 0 Å². The third-order valence-corrected chi connectivity index (χ3v) is 12.4. The minimum atomic E-state index is -0.228. The monoisotopic (exact) mass is 626 g/mol. The largest absolute Gasteiger partial charge is 0.213 e. The van der Waals surface area contributed by atoms with Gasteiger partial charge in [-0.2, -0.15) is 4.57 Å². The first-order chi connectivity index (χ1) is 22.4. The van der Waals surface area contributed by atoms with Crippen LogP contribution in [0.15, 0.2) is 85.2 Å². The highest BCUT2D eigenvalue weighted by Gasteiger charge is 2.58. The van der Waals surface area contributed by atoms with Crippen molar-refractivity contribution < 1.29 is 9.13 Å². The Morgan fingerprint density at radius 1 is 0.702 bits per heavy atom. The van der Waals surface area contributed by atoms with Gasteiger partial charge in [-0.25, -0.2) is 4.57 Å². The van der Waals surface area contributed by atoms with Crippen molar-refractivity contribution in [2.75, 3.05) is 0 Å². The summed E-state index contributed by atoms with van der Waals surface area (Å²) in [6.45, 7) is 19.4. The van der Waals surface area contributed by atoms with Gasteiger partial charge in [0.15, 0.2) is 17.9 Å². The highest BCUT2D eigenvalue weighted by molar-refractivity contribution is 5.75. The maximum absolute atomic E-state index is 2.62. The molecule has 2 heteroatoms. The summed E-state index contributed by atoms with van der Waals surface area (Å²) in [6, 6.07) is 25.9. The predicted molar refractivity (Wildman–Crippen MR) is 199 cm³/mol. The van der Waals surface area contributed by atoms with Crippen molar-refractivity contribution in [3.8, 4) is 22.5 Å². The molecule has 2 aromatic heterocycles. The first kappa shape index (κ1) is 33.4. The lowest BCUT2D eigenvalue weighted by Gasteiger charge is -2.46. The van der Waals surface area contributed by atoms with E-state index in [1.165, 1.54) is 82.4 Å². The maximum Gasteiger partial charge on any atom is 0.213 e. The fourth-order valence-electron chi connectivity index (χ4n) is 9.14. The van der Waals surface area contributed by atoms with Crippen LogP contribution in [-0.4, -0.2) is 0 Å².